The van der Waals surface area contributed by atoms with Crippen LogP contribution in [0.1, 0.15) is 113 Å². The molecule has 5 aliphatic carbocycles. The Hall–Kier alpha value is -1.88. The van der Waals surface area contributed by atoms with Gasteiger partial charge in [0.2, 0.25) is 0 Å². The van der Waals surface area contributed by atoms with Gasteiger partial charge in [0.25, 0.3) is 0 Å². The average molecular weight is 927 g/mol. The third-order valence-corrected chi connectivity index (χ3v) is 18.9. The molecule has 7 fully saturated rings. The fourth-order valence-corrected chi connectivity index (χ4v) is 14.8. The first kappa shape index (κ1) is 49.5. The van der Waals surface area contributed by atoms with Crippen LogP contribution in [0.25, 0.3) is 0 Å². The molecule has 0 bridgehead atoms. The number of carboxylic acids is 2. The van der Waals surface area contributed by atoms with Gasteiger partial charge in [-0.05, 0) is 109 Å². The lowest BCUT2D eigenvalue weighted by Crippen LogP contribution is -2.67. The molecule has 0 aromatic heterocycles. The summed E-state index contributed by atoms with van der Waals surface area (Å²) in [6, 6.07) is 0. The second kappa shape index (κ2) is 17.2. The fraction of sp³-hybridized carbons (Fsp3) is 0.915. The molecule has 22 atom stereocenters. The number of ether oxygens (including phenoxy) is 6. The van der Waals surface area contributed by atoms with Crippen molar-refractivity contribution in [3.8, 4) is 0 Å². The minimum Gasteiger partial charge on any atom is -0.481 e. The molecule has 65 heavy (non-hydrogen) atoms. The molecule has 3 heterocycles. The smallest absolute Gasteiger partial charge is 0.335 e. The van der Waals surface area contributed by atoms with Gasteiger partial charge in [0.15, 0.2) is 25.0 Å². The van der Waals surface area contributed by atoms with Crippen molar-refractivity contribution in [3.05, 3.63) is 11.6 Å². The van der Waals surface area contributed by atoms with E-state index in [0.29, 0.717) is 25.2 Å². The Kier molecular flexibility index (Phi) is 13.1. The molecule has 3 saturated heterocycles. The Balaban J connectivity index is 1.02. The summed E-state index contributed by atoms with van der Waals surface area (Å²) in [7, 11) is 0. The van der Waals surface area contributed by atoms with Crippen molar-refractivity contribution in [2.45, 2.75) is 205 Å². The molecule has 0 radical (unpaired) electrons. The van der Waals surface area contributed by atoms with Crippen molar-refractivity contribution in [2.75, 3.05) is 13.2 Å². The zero-order chi connectivity index (χ0) is 47.6. The van der Waals surface area contributed by atoms with Crippen molar-refractivity contribution < 1.29 is 89.1 Å². The lowest BCUT2D eigenvalue weighted by molar-refractivity contribution is -0.381. The Labute approximate surface area is 380 Å². The summed E-state index contributed by atoms with van der Waals surface area (Å²) in [6.07, 6.45) is -14.9. The summed E-state index contributed by atoms with van der Waals surface area (Å²) in [5.74, 6) is -1.81. The molecule has 0 aromatic rings. The largest absolute Gasteiger partial charge is 0.481 e. The second-order valence-electron chi connectivity index (χ2n) is 23.1. The molecule has 0 unspecified atom stereocenters. The van der Waals surface area contributed by atoms with E-state index in [1.807, 2.05) is 0 Å². The van der Waals surface area contributed by atoms with Gasteiger partial charge in [-0.2, -0.15) is 0 Å². The van der Waals surface area contributed by atoms with Crippen molar-refractivity contribution >= 4 is 11.9 Å². The van der Waals surface area contributed by atoms with Gasteiger partial charge in [-0.25, -0.2) is 4.79 Å². The summed E-state index contributed by atoms with van der Waals surface area (Å²) in [4.78, 5) is 25.7. The SMILES string of the molecule is CC1(C)CC[C@]2(C(=O)O)CC[C@]3(C)C(=CC[C@@H]4[C@@]5(C)CC[C@H](O[C@@H]6O[C@H](C(=O)O)[C@@H](O)[C@H](O[C@@H]7OC[C@@H](O)[C@H](O)[C@H]7O[C@@H]7O[C@H](CO)[C@@H](O)[C@H](O)[C@H]7O)[C@H]6O)C(C)(C)[C@@H]5CC[C@]43C)[C@@H]2C1. The van der Waals surface area contributed by atoms with Crippen molar-refractivity contribution in [1.82, 2.24) is 0 Å². The number of carboxylic acid groups (broad SMARTS) is 2. The fourth-order valence-electron chi connectivity index (χ4n) is 14.8. The zero-order valence-electron chi connectivity index (χ0n) is 38.7. The second-order valence-corrected chi connectivity index (χ2v) is 23.1. The van der Waals surface area contributed by atoms with Gasteiger partial charge in [0.05, 0.1) is 24.7 Å². The Morgan fingerprint density at radius 1 is 0.692 bits per heavy atom. The van der Waals surface area contributed by atoms with E-state index in [1.54, 1.807) is 0 Å². The molecule has 3 aliphatic heterocycles. The van der Waals surface area contributed by atoms with Crippen molar-refractivity contribution in [2.24, 2.45) is 50.2 Å². The molecular formula is C47H74O18. The molecule has 370 valence electrons. The van der Waals surface area contributed by atoms with E-state index in [2.05, 4.69) is 54.5 Å². The number of allylic oxidation sites excluding steroid dienone is 2. The summed E-state index contributed by atoms with van der Waals surface area (Å²) < 4.78 is 35.3. The molecule has 10 N–H and O–H groups in total. The summed E-state index contributed by atoms with van der Waals surface area (Å²) in [5, 5.41) is 107. The lowest BCUT2D eigenvalue weighted by Gasteiger charge is -2.71. The molecule has 18 heteroatoms. The van der Waals surface area contributed by atoms with Crippen LogP contribution >= 0.6 is 0 Å². The van der Waals surface area contributed by atoms with E-state index in [0.717, 1.165) is 44.9 Å². The van der Waals surface area contributed by atoms with Gasteiger partial charge in [0, 0.05) is 0 Å². The summed E-state index contributed by atoms with van der Waals surface area (Å²) in [5.41, 5.74) is -0.261. The van der Waals surface area contributed by atoms with Crippen LogP contribution in [0.2, 0.25) is 0 Å². The number of aliphatic carboxylic acids is 2. The number of hydrogen-bond acceptors (Lipinski definition) is 16. The third-order valence-electron chi connectivity index (χ3n) is 18.9. The molecule has 0 spiro atoms. The Morgan fingerprint density at radius 2 is 1.35 bits per heavy atom. The topological polar surface area (TPSA) is 292 Å². The standard InChI is InChI=1S/C47H74O18/c1-42(2)14-16-47(41(58)59)17-15-45(6)21(22(47)18-42)8-9-26-44(5)12-11-27(43(3,4)25(44)10-13-46(26,45)7)62-39-33(55)34(32(54)35(64-39)37(56)57)63-40-36(28(50)23(49)20-60-40)65-38-31(53)30(52)29(51)24(19-48)61-38/h8,22-36,38-40,48-55H,9-20H2,1-7H3,(H,56,57)(H,58,59)/t22-,23+,24+,25-,26+,27-,28-,29+,30-,31+,32-,33+,34-,35-,36+,38-,39+,40-,44-,45+,46+,47-/m0/s1. The van der Waals surface area contributed by atoms with Crippen LogP contribution in [-0.4, -0.2) is 168 Å². The van der Waals surface area contributed by atoms with E-state index >= 15 is 0 Å². The number of fused-ring (bicyclic) bond motifs is 7. The van der Waals surface area contributed by atoms with Crippen LogP contribution in [0.15, 0.2) is 11.6 Å². The van der Waals surface area contributed by atoms with E-state index in [-0.39, 0.29) is 33.5 Å². The minimum atomic E-state index is -2.01. The van der Waals surface area contributed by atoms with Crippen LogP contribution in [0.5, 0.6) is 0 Å². The number of carbonyl (C=O) groups is 2. The lowest BCUT2D eigenvalue weighted by atomic mass is 9.33. The monoisotopic (exact) mass is 926 g/mol. The Morgan fingerprint density at radius 3 is 2.02 bits per heavy atom. The average Bonchev–Trinajstić information content (AvgIpc) is 3.23. The van der Waals surface area contributed by atoms with Gasteiger partial charge in [0.1, 0.15) is 61.0 Å². The number of hydrogen-bond donors (Lipinski definition) is 10. The first-order valence-electron chi connectivity index (χ1n) is 23.7. The highest BCUT2D eigenvalue weighted by Gasteiger charge is 2.70. The van der Waals surface area contributed by atoms with Gasteiger partial charge in [-0.1, -0.05) is 60.1 Å². The maximum Gasteiger partial charge on any atom is 0.335 e. The molecule has 8 rings (SSSR count). The van der Waals surface area contributed by atoms with Crippen LogP contribution in [0.4, 0.5) is 0 Å². The van der Waals surface area contributed by atoms with E-state index in [1.165, 1.54) is 5.57 Å². The van der Waals surface area contributed by atoms with Gasteiger partial charge >= 0.3 is 11.9 Å². The predicted molar refractivity (Wildman–Crippen MR) is 225 cm³/mol. The molecular weight excluding hydrogens is 852 g/mol. The maximum absolute atomic E-state index is 13.1. The first-order valence-corrected chi connectivity index (χ1v) is 23.7. The molecule has 0 aromatic carbocycles. The van der Waals surface area contributed by atoms with Crippen molar-refractivity contribution in [1.29, 1.82) is 0 Å². The molecule has 0 amide bonds. The molecule has 4 saturated carbocycles. The van der Waals surface area contributed by atoms with Crippen LogP contribution in [0.3, 0.4) is 0 Å². The summed E-state index contributed by atoms with van der Waals surface area (Å²) in [6.45, 7) is 14.7. The quantitative estimate of drug-likeness (QED) is 0.116. The summed E-state index contributed by atoms with van der Waals surface area (Å²) >= 11 is 0. The highest BCUT2D eigenvalue weighted by molar-refractivity contribution is 5.76. The minimum absolute atomic E-state index is 0.00328. The van der Waals surface area contributed by atoms with E-state index in [9.17, 15) is 60.7 Å². The normalized spacial score (nSPS) is 52.8. The van der Waals surface area contributed by atoms with Gasteiger partial charge in [-0.15, -0.1) is 0 Å². The number of rotatable bonds is 9. The zero-order valence-corrected chi connectivity index (χ0v) is 38.7. The molecule has 18 nitrogen and oxygen atoms in total. The Bertz CT molecular complexity index is 1820. The highest BCUT2D eigenvalue weighted by atomic mass is 16.8. The van der Waals surface area contributed by atoms with Crippen molar-refractivity contribution in [3.63, 3.8) is 0 Å². The van der Waals surface area contributed by atoms with Crippen LogP contribution in [0, 0.1) is 50.2 Å². The predicted octanol–water partition coefficient (Wildman–Crippen LogP) is 1.44. The van der Waals surface area contributed by atoms with Gasteiger partial charge in [-0.3, -0.25) is 4.79 Å². The van der Waals surface area contributed by atoms with Gasteiger partial charge < -0.3 is 79.5 Å². The van der Waals surface area contributed by atoms with E-state index in [4.69, 9.17) is 28.4 Å². The molecule has 8 aliphatic rings. The third kappa shape index (κ3) is 7.76. The highest BCUT2D eigenvalue weighted by Crippen LogP contribution is 2.76. The van der Waals surface area contributed by atoms with E-state index < -0.39 is 128 Å². The van der Waals surface area contributed by atoms with Crippen LogP contribution in [-0.2, 0) is 38.0 Å². The first-order chi connectivity index (χ1) is 30.3. The van der Waals surface area contributed by atoms with Crippen LogP contribution < -0.4 is 0 Å². The number of aliphatic hydroxyl groups excluding tert-OH is 8. The number of aliphatic hydroxyl groups is 8. The maximum atomic E-state index is 13.1.